The number of benzene rings is 3. The lowest BCUT2D eigenvalue weighted by Crippen LogP contribution is -2.32. The Balaban J connectivity index is 1.56. The van der Waals surface area contributed by atoms with Gasteiger partial charge in [0.05, 0.1) is 15.7 Å². The Morgan fingerprint density at radius 3 is 2.35 bits per heavy atom. The van der Waals surface area contributed by atoms with Crippen LogP contribution in [0.5, 0.6) is 0 Å². The van der Waals surface area contributed by atoms with E-state index in [1.807, 2.05) is 6.92 Å². The average molecular weight is 535 g/mol. The van der Waals surface area contributed by atoms with E-state index in [0.717, 1.165) is 10.5 Å². The Kier molecular flexibility index (Phi) is 6.86. The quantitative estimate of drug-likeness (QED) is 0.359. The molecule has 0 saturated heterocycles. The van der Waals surface area contributed by atoms with Gasteiger partial charge in [-0.25, -0.2) is 4.90 Å². The van der Waals surface area contributed by atoms with Crippen molar-refractivity contribution in [3.8, 4) is 0 Å². The highest BCUT2D eigenvalue weighted by atomic mass is 35.5. The Hall–Kier alpha value is -3.03. The molecule has 1 aliphatic heterocycles. The molecule has 0 bridgehead atoms. The van der Waals surface area contributed by atoms with Crippen LogP contribution in [0, 0.1) is 6.92 Å². The molecule has 0 saturated carbocycles. The molecule has 0 spiro atoms. The summed E-state index contributed by atoms with van der Waals surface area (Å²) in [6.07, 6.45) is 0. The van der Waals surface area contributed by atoms with Crippen LogP contribution in [0.3, 0.4) is 0 Å². The molecule has 2 N–H and O–H groups in total. The van der Waals surface area contributed by atoms with Crippen LogP contribution in [0.15, 0.2) is 71.4 Å². The first kappa shape index (κ1) is 24.1. The van der Waals surface area contributed by atoms with E-state index in [0.29, 0.717) is 22.0 Å². The van der Waals surface area contributed by atoms with Crippen LogP contribution < -0.4 is 15.5 Å². The molecule has 6 nitrogen and oxygen atoms in total. The number of carbonyl (C=O) groups excluding carboxylic acids is 3. The second-order valence-electron chi connectivity index (χ2n) is 7.35. The van der Waals surface area contributed by atoms with E-state index in [-0.39, 0.29) is 32.4 Å². The fourth-order valence-corrected chi connectivity index (χ4v) is 3.95. The van der Waals surface area contributed by atoms with E-state index in [9.17, 15) is 14.4 Å². The van der Waals surface area contributed by atoms with Gasteiger partial charge in [0.2, 0.25) is 0 Å². The molecule has 10 heteroatoms. The van der Waals surface area contributed by atoms with Gasteiger partial charge in [-0.3, -0.25) is 14.4 Å². The first-order valence-corrected chi connectivity index (χ1v) is 11.3. The number of rotatable bonds is 5. The Labute approximate surface area is 215 Å². The lowest BCUT2D eigenvalue weighted by atomic mass is 10.1. The van der Waals surface area contributed by atoms with Gasteiger partial charge in [0.15, 0.2) is 0 Å². The first-order valence-electron chi connectivity index (χ1n) is 9.84. The molecule has 3 aromatic rings. The summed E-state index contributed by atoms with van der Waals surface area (Å²) in [5, 5.41) is 6.33. The smallest absolute Gasteiger partial charge is 0.283 e. The van der Waals surface area contributed by atoms with Crippen LogP contribution in [0.25, 0.3) is 0 Å². The number of amides is 3. The van der Waals surface area contributed by atoms with Gasteiger partial charge < -0.3 is 10.6 Å². The van der Waals surface area contributed by atoms with Gasteiger partial charge in [0.25, 0.3) is 17.7 Å². The van der Waals surface area contributed by atoms with Crippen LogP contribution >= 0.6 is 46.4 Å². The van der Waals surface area contributed by atoms with Gasteiger partial charge >= 0.3 is 0 Å². The zero-order chi connectivity index (χ0) is 24.6. The molecule has 3 amide bonds. The highest BCUT2D eigenvalue weighted by molar-refractivity contribution is 6.53. The largest absolute Gasteiger partial charge is 0.350 e. The Bertz CT molecular complexity index is 1390. The number of nitrogens with one attached hydrogen (secondary N) is 2. The maximum Gasteiger partial charge on any atom is 0.283 e. The van der Waals surface area contributed by atoms with E-state index >= 15 is 0 Å². The second-order valence-corrected chi connectivity index (χ2v) is 8.98. The number of aryl methyl sites for hydroxylation is 1. The standard InChI is InChI=1S/C24H15Cl4N3O3/c1-12-5-6-14(25)10-19(12)30-22(32)13-3-2-4-15(9-13)29-21-20(28)23(33)31(24(21)34)16-7-8-17(26)18(27)11-16/h2-11,29H,1H3,(H,30,32). The molecule has 4 rings (SSSR count). The summed E-state index contributed by atoms with van der Waals surface area (Å²) in [6.45, 7) is 1.85. The van der Waals surface area contributed by atoms with E-state index in [4.69, 9.17) is 46.4 Å². The van der Waals surface area contributed by atoms with Gasteiger partial charge in [0, 0.05) is 22.0 Å². The van der Waals surface area contributed by atoms with E-state index in [1.165, 1.54) is 24.3 Å². The summed E-state index contributed by atoms with van der Waals surface area (Å²) in [7, 11) is 0. The lowest BCUT2D eigenvalue weighted by molar-refractivity contribution is -0.120. The molecule has 1 aliphatic rings. The van der Waals surface area contributed by atoms with Crippen LogP contribution in [0.1, 0.15) is 15.9 Å². The number of carbonyl (C=O) groups is 3. The fourth-order valence-electron chi connectivity index (χ4n) is 3.28. The molecule has 0 aliphatic carbocycles. The zero-order valence-corrected chi connectivity index (χ0v) is 20.5. The van der Waals surface area contributed by atoms with Gasteiger partial charge in [0.1, 0.15) is 10.7 Å². The molecule has 0 unspecified atom stereocenters. The van der Waals surface area contributed by atoms with Crippen molar-refractivity contribution in [2.75, 3.05) is 15.5 Å². The van der Waals surface area contributed by atoms with E-state index in [2.05, 4.69) is 10.6 Å². The molecule has 172 valence electrons. The SMILES string of the molecule is Cc1ccc(Cl)cc1NC(=O)c1cccc(NC2=C(Cl)C(=O)N(c3ccc(Cl)c(Cl)c3)C2=O)c1. The number of hydrogen-bond acceptors (Lipinski definition) is 4. The van der Waals surface area contributed by atoms with Crippen molar-refractivity contribution in [2.45, 2.75) is 6.92 Å². The van der Waals surface area contributed by atoms with E-state index in [1.54, 1.807) is 36.4 Å². The predicted octanol–water partition coefficient (Wildman–Crippen LogP) is 6.64. The van der Waals surface area contributed by atoms with Crippen molar-refractivity contribution < 1.29 is 14.4 Å². The molecule has 0 radical (unpaired) electrons. The summed E-state index contributed by atoms with van der Waals surface area (Å²) >= 11 is 24.2. The molecule has 34 heavy (non-hydrogen) atoms. The lowest BCUT2D eigenvalue weighted by Gasteiger charge is -2.16. The third-order valence-electron chi connectivity index (χ3n) is 5.03. The summed E-state index contributed by atoms with van der Waals surface area (Å²) in [5.41, 5.74) is 2.24. The predicted molar refractivity (Wildman–Crippen MR) is 136 cm³/mol. The van der Waals surface area contributed by atoms with Crippen LogP contribution in [0.4, 0.5) is 17.1 Å². The summed E-state index contributed by atoms with van der Waals surface area (Å²) in [4.78, 5) is 39.3. The van der Waals surface area contributed by atoms with Crippen LogP contribution in [-0.2, 0) is 9.59 Å². The molecular formula is C24H15Cl4N3O3. The highest BCUT2D eigenvalue weighted by Crippen LogP contribution is 2.33. The molecule has 3 aromatic carbocycles. The van der Waals surface area contributed by atoms with Crippen molar-refractivity contribution in [3.05, 3.63) is 97.6 Å². The van der Waals surface area contributed by atoms with Gasteiger partial charge in [-0.2, -0.15) is 0 Å². The summed E-state index contributed by atoms with van der Waals surface area (Å²) < 4.78 is 0. The van der Waals surface area contributed by atoms with Crippen molar-refractivity contribution in [1.82, 2.24) is 0 Å². The maximum absolute atomic E-state index is 13.0. The minimum absolute atomic E-state index is 0.124. The molecule has 0 fully saturated rings. The van der Waals surface area contributed by atoms with Crippen LogP contribution in [-0.4, -0.2) is 17.7 Å². The fraction of sp³-hybridized carbons (Fsp3) is 0.0417. The minimum atomic E-state index is -0.710. The molecular weight excluding hydrogens is 520 g/mol. The molecule has 0 atom stereocenters. The zero-order valence-electron chi connectivity index (χ0n) is 17.5. The summed E-state index contributed by atoms with van der Waals surface area (Å²) in [6, 6.07) is 16.0. The highest BCUT2D eigenvalue weighted by Gasteiger charge is 2.39. The minimum Gasteiger partial charge on any atom is -0.350 e. The van der Waals surface area contributed by atoms with Crippen molar-refractivity contribution >= 4 is 81.2 Å². The monoisotopic (exact) mass is 533 g/mol. The molecule has 1 heterocycles. The van der Waals surface area contributed by atoms with Crippen molar-refractivity contribution in [2.24, 2.45) is 0 Å². The average Bonchev–Trinajstić information content (AvgIpc) is 3.01. The van der Waals surface area contributed by atoms with Gasteiger partial charge in [-0.1, -0.05) is 58.5 Å². The van der Waals surface area contributed by atoms with Crippen LogP contribution in [0.2, 0.25) is 15.1 Å². The first-order chi connectivity index (χ1) is 16.2. The second kappa shape index (κ2) is 9.68. The number of imide groups is 1. The third kappa shape index (κ3) is 4.76. The summed E-state index contributed by atoms with van der Waals surface area (Å²) in [5.74, 6) is -1.75. The number of anilines is 3. The topological polar surface area (TPSA) is 78.5 Å². The van der Waals surface area contributed by atoms with E-state index < -0.39 is 11.8 Å². The Morgan fingerprint density at radius 2 is 1.62 bits per heavy atom. The number of hydrogen-bond donors (Lipinski definition) is 2. The Morgan fingerprint density at radius 1 is 0.853 bits per heavy atom. The molecule has 0 aromatic heterocycles. The third-order valence-corrected chi connectivity index (χ3v) is 6.36. The van der Waals surface area contributed by atoms with Gasteiger partial charge in [-0.15, -0.1) is 0 Å². The van der Waals surface area contributed by atoms with Crippen molar-refractivity contribution in [1.29, 1.82) is 0 Å². The van der Waals surface area contributed by atoms with Crippen molar-refractivity contribution in [3.63, 3.8) is 0 Å². The maximum atomic E-state index is 13.0. The van der Waals surface area contributed by atoms with Gasteiger partial charge in [-0.05, 0) is 61.0 Å². The normalized spacial score (nSPS) is 13.5. The number of nitrogens with zero attached hydrogens (tertiary/aromatic N) is 1. The number of halogens is 4.